The molecular weight excluding hydrogens is 277 g/mol. The van der Waals surface area contributed by atoms with E-state index in [1.165, 1.54) is 6.07 Å². The standard InChI is InChI=1S/C15H16FNO2S/c1-2-17(9-6-7-9)8-10-13-11(16)4-3-5-12(13)20-14(10)15(18)19/h3-5,9H,2,6-8H2,1H3,(H,18,19). The molecule has 0 spiro atoms. The van der Waals surface area contributed by atoms with Gasteiger partial charge in [0.15, 0.2) is 0 Å². The number of aromatic carboxylic acids is 1. The van der Waals surface area contributed by atoms with Crippen molar-refractivity contribution in [3.8, 4) is 0 Å². The average molecular weight is 293 g/mol. The minimum absolute atomic E-state index is 0.268. The molecule has 1 aliphatic carbocycles. The molecule has 1 heterocycles. The SMILES string of the molecule is CCN(Cc1c(C(=O)O)sc2cccc(F)c12)C1CC1. The van der Waals surface area contributed by atoms with Crippen molar-refractivity contribution in [2.75, 3.05) is 6.54 Å². The van der Waals surface area contributed by atoms with Crippen LogP contribution in [0.1, 0.15) is 35.0 Å². The summed E-state index contributed by atoms with van der Waals surface area (Å²) in [4.78, 5) is 13.9. The fraction of sp³-hybridized carbons (Fsp3) is 0.400. The van der Waals surface area contributed by atoms with Gasteiger partial charge in [0.2, 0.25) is 0 Å². The zero-order valence-electron chi connectivity index (χ0n) is 11.2. The second-order valence-corrected chi connectivity index (χ2v) is 6.17. The number of fused-ring (bicyclic) bond motifs is 1. The summed E-state index contributed by atoms with van der Waals surface area (Å²) < 4.78 is 14.8. The summed E-state index contributed by atoms with van der Waals surface area (Å²) in [6.45, 7) is 3.43. The van der Waals surface area contributed by atoms with Crippen molar-refractivity contribution in [2.45, 2.75) is 32.4 Å². The highest BCUT2D eigenvalue weighted by molar-refractivity contribution is 7.21. The summed E-state index contributed by atoms with van der Waals surface area (Å²) in [5.74, 6) is -1.29. The predicted octanol–water partition coefficient (Wildman–Crippen LogP) is 3.72. The number of carboxylic acids is 1. The molecule has 106 valence electrons. The topological polar surface area (TPSA) is 40.5 Å². The molecule has 1 saturated carbocycles. The van der Waals surface area contributed by atoms with Gasteiger partial charge in [-0.1, -0.05) is 13.0 Å². The summed E-state index contributed by atoms with van der Waals surface area (Å²) in [6, 6.07) is 5.34. The number of nitrogens with zero attached hydrogens (tertiary/aromatic N) is 1. The van der Waals surface area contributed by atoms with Crippen LogP contribution in [0.2, 0.25) is 0 Å². The second kappa shape index (κ2) is 5.14. The van der Waals surface area contributed by atoms with Gasteiger partial charge in [-0.25, -0.2) is 9.18 Å². The molecule has 0 radical (unpaired) electrons. The molecule has 20 heavy (non-hydrogen) atoms. The molecule has 0 saturated heterocycles. The molecule has 1 aliphatic rings. The molecular formula is C15H16FNO2S. The van der Waals surface area contributed by atoms with E-state index in [2.05, 4.69) is 11.8 Å². The van der Waals surface area contributed by atoms with Gasteiger partial charge in [-0.2, -0.15) is 0 Å². The van der Waals surface area contributed by atoms with E-state index < -0.39 is 5.97 Å². The first-order valence-electron chi connectivity index (χ1n) is 6.79. The van der Waals surface area contributed by atoms with Gasteiger partial charge in [0.05, 0.1) is 0 Å². The van der Waals surface area contributed by atoms with Crippen molar-refractivity contribution in [1.82, 2.24) is 4.90 Å². The molecule has 3 nitrogen and oxygen atoms in total. The highest BCUT2D eigenvalue weighted by atomic mass is 32.1. The lowest BCUT2D eigenvalue weighted by atomic mass is 10.1. The third kappa shape index (κ3) is 2.31. The average Bonchev–Trinajstić information content (AvgIpc) is 3.18. The Labute approximate surface area is 120 Å². The summed E-state index contributed by atoms with van der Waals surface area (Å²) in [7, 11) is 0. The van der Waals surface area contributed by atoms with E-state index in [9.17, 15) is 14.3 Å². The highest BCUT2D eigenvalue weighted by Crippen LogP contribution is 2.36. The first-order valence-corrected chi connectivity index (χ1v) is 7.60. The zero-order chi connectivity index (χ0) is 14.3. The number of carboxylic acid groups (broad SMARTS) is 1. The Morgan fingerprint density at radius 3 is 2.85 bits per heavy atom. The van der Waals surface area contributed by atoms with E-state index >= 15 is 0 Å². The van der Waals surface area contributed by atoms with E-state index in [-0.39, 0.29) is 10.7 Å². The summed E-state index contributed by atoms with van der Waals surface area (Å²) in [6.07, 6.45) is 2.31. The van der Waals surface area contributed by atoms with Crippen LogP contribution in [0.4, 0.5) is 4.39 Å². The Balaban J connectivity index is 2.10. The van der Waals surface area contributed by atoms with Gasteiger partial charge in [0.25, 0.3) is 0 Å². The Kier molecular flexibility index (Phi) is 3.48. The van der Waals surface area contributed by atoms with Gasteiger partial charge < -0.3 is 5.11 Å². The van der Waals surface area contributed by atoms with Gasteiger partial charge in [0, 0.05) is 28.2 Å². The second-order valence-electron chi connectivity index (χ2n) is 5.12. The van der Waals surface area contributed by atoms with Gasteiger partial charge in [-0.3, -0.25) is 4.90 Å². The minimum Gasteiger partial charge on any atom is -0.477 e. The number of hydrogen-bond donors (Lipinski definition) is 1. The maximum Gasteiger partial charge on any atom is 0.346 e. The third-order valence-electron chi connectivity index (χ3n) is 3.79. The minimum atomic E-state index is -0.965. The molecule has 0 amide bonds. The highest BCUT2D eigenvalue weighted by Gasteiger charge is 2.30. The van der Waals surface area contributed by atoms with Crippen LogP contribution >= 0.6 is 11.3 Å². The summed E-state index contributed by atoms with van der Waals surface area (Å²) >= 11 is 1.16. The number of benzene rings is 1. The maximum atomic E-state index is 14.1. The van der Waals surface area contributed by atoms with Gasteiger partial charge >= 0.3 is 5.97 Å². The van der Waals surface area contributed by atoms with Crippen molar-refractivity contribution in [3.63, 3.8) is 0 Å². The first-order chi connectivity index (χ1) is 9.61. The molecule has 1 N–H and O–H groups in total. The number of carbonyl (C=O) groups is 1. The predicted molar refractivity (Wildman–Crippen MR) is 77.8 cm³/mol. The Hall–Kier alpha value is -1.46. The first kappa shape index (κ1) is 13.5. The fourth-order valence-corrected chi connectivity index (χ4v) is 3.70. The van der Waals surface area contributed by atoms with Crippen molar-refractivity contribution in [2.24, 2.45) is 0 Å². The van der Waals surface area contributed by atoms with Crippen LogP contribution in [0.3, 0.4) is 0 Å². The van der Waals surface area contributed by atoms with E-state index in [1.54, 1.807) is 12.1 Å². The molecule has 1 fully saturated rings. The molecule has 0 unspecified atom stereocenters. The molecule has 0 aliphatic heterocycles. The lowest BCUT2D eigenvalue weighted by Gasteiger charge is -2.20. The fourth-order valence-electron chi connectivity index (χ4n) is 2.63. The van der Waals surface area contributed by atoms with Gasteiger partial charge in [0.1, 0.15) is 10.7 Å². The number of thiophene rings is 1. The van der Waals surface area contributed by atoms with Crippen LogP contribution < -0.4 is 0 Å². The van der Waals surface area contributed by atoms with Crippen LogP contribution in [-0.4, -0.2) is 28.6 Å². The molecule has 5 heteroatoms. The van der Waals surface area contributed by atoms with Crippen molar-refractivity contribution < 1.29 is 14.3 Å². The lowest BCUT2D eigenvalue weighted by Crippen LogP contribution is -2.25. The Morgan fingerprint density at radius 1 is 1.50 bits per heavy atom. The quantitative estimate of drug-likeness (QED) is 0.913. The normalized spacial score (nSPS) is 15.2. The molecule has 0 bridgehead atoms. The maximum absolute atomic E-state index is 14.1. The largest absolute Gasteiger partial charge is 0.477 e. The third-order valence-corrected chi connectivity index (χ3v) is 4.97. The molecule has 3 rings (SSSR count). The van der Waals surface area contributed by atoms with E-state index in [1.807, 2.05) is 0 Å². The van der Waals surface area contributed by atoms with Crippen molar-refractivity contribution >= 4 is 27.4 Å². The Morgan fingerprint density at radius 2 is 2.25 bits per heavy atom. The molecule has 1 aromatic carbocycles. The van der Waals surface area contributed by atoms with Crippen molar-refractivity contribution in [3.05, 3.63) is 34.5 Å². The van der Waals surface area contributed by atoms with Gasteiger partial charge in [-0.15, -0.1) is 11.3 Å². The molecule has 0 atom stereocenters. The van der Waals surface area contributed by atoms with E-state index in [4.69, 9.17) is 0 Å². The monoisotopic (exact) mass is 293 g/mol. The van der Waals surface area contributed by atoms with Crippen LogP contribution in [-0.2, 0) is 6.54 Å². The number of rotatable bonds is 5. The zero-order valence-corrected chi connectivity index (χ0v) is 12.0. The van der Waals surface area contributed by atoms with Gasteiger partial charge in [-0.05, 0) is 31.5 Å². The van der Waals surface area contributed by atoms with Crippen LogP contribution in [0, 0.1) is 5.82 Å². The molecule has 1 aromatic heterocycles. The van der Waals surface area contributed by atoms with Crippen LogP contribution in [0.5, 0.6) is 0 Å². The Bertz CT molecular complexity index is 663. The lowest BCUT2D eigenvalue weighted by molar-refractivity contribution is 0.0700. The van der Waals surface area contributed by atoms with E-state index in [0.29, 0.717) is 28.2 Å². The van der Waals surface area contributed by atoms with E-state index in [0.717, 1.165) is 30.7 Å². The summed E-state index contributed by atoms with van der Waals surface area (Å²) in [5, 5.41) is 9.85. The van der Waals surface area contributed by atoms with Crippen LogP contribution in [0.15, 0.2) is 18.2 Å². The van der Waals surface area contributed by atoms with Crippen LogP contribution in [0.25, 0.3) is 10.1 Å². The smallest absolute Gasteiger partial charge is 0.346 e. The number of hydrogen-bond acceptors (Lipinski definition) is 3. The number of halogens is 1. The summed E-state index contributed by atoms with van der Waals surface area (Å²) in [5.41, 5.74) is 0.629. The molecule has 2 aromatic rings. The van der Waals surface area contributed by atoms with Crippen molar-refractivity contribution in [1.29, 1.82) is 0 Å².